The lowest BCUT2D eigenvalue weighted by atomic mass is 10.2. The number of rotatable bonds is 3. The second kappa shape index (κ2) is 5.19. The summed E-state index contributed by atoms with van der Waals surface area (Å²) < 4.78 is 32.8. The molecule has 1 aromatic carbocycles. The SMILES string of the molecule is Cc1csc(NS(=O)(=O)c2ccc3c(c2)N(C)CCO3)n1. The summed E-state index contributed by atoms with van der Waals surface area (Å²) in [5.74, 6) is 0.702. The quantitative estimate of drug-likeness (QED) is 0.935. The molecule has 0 unspecified atom stereocenters. The molecule has 0 radical (unpaired) electrons. The highest BCUT2D eigenvalue weighted by Crippen LogP contribution is 2.33. The van der Waals surface area contributed by atoms with E-state index in [-0.39, 0.29) is 4.90 Å². The van der Waals surface area contributed by atoms with Gasteiger partial charge in [-0.1, -0.05) is 0 Å². The van der Waals surface area contributed by atoms with Gasteiger partial charge in [-0.25, -0.2) is 13.4 Å². The average Bonchev–Trinajstić information content (AvgIpc) is 2.83. The lowest BCUT2D eigenvalue weighted by Gasteiger charge is -2.27. The molecule has 2 heterocycles. The highest BCUT2D eigenvalue weighted by Gasteiger charge is 2.21. The Morgan fingerprint density at radius 2 is 2.24 bits per heavy atom. The van der Waals surface area contributed by atoms with Crippen LogP contribution in [0.3, 0.4) is 0 Å². The summed E-state index contributed by atoms with van der Waals surface area (Å²) in [4.78, 5) is 6.29. The van der Waals surface area contributed by atoms with Crippen molar-refractivity contribution in [1.29, 1.82) is 0 Å². The van der Waals surface area contributed by atoms with E-state index in [2.05, 4.69) is 9.71 Å². The lowest BCUT2D eigenvalue weighted by Crippen LogP contribution is -2.29. The fourth-order valence-electron chi connectivity index (χ4n) is 2.07. The first kappa shape index (κ1) is 14.2. The molecule has 0 atom stereocenters. The van der Waals surface area contributed by atoms with Gasteiger partial charge in [-0.05, 0) is 25.1 Å². The molecule has 1 N–H and O–H groups in total. The van der Waals surface area contributed by atoms with Gasteiger partial charge in [-0.15, -0.1) is 11.3 Å². The predicted octanol–water partition coefficient (Wildman–Crippen LogP) is 2.08. The topological polar surface area (TPSA) is 71.5 Å². The van der Waals surface area contributed by atoms with Gasteiger partial charge in [0.15, 0.2) is 5.13 Å². The standard InChI is InChI=1S/C13H15N3O3S2/c1-9-8-20-13(14-9)15-21(17,18)10-3-4-12-11(7-10)16(2)5-6-19-12/h3-4,7-8H,5-6H2,1-2H3,(H,14,15). The first-order valence-electron chi connectivity index (χ1n) is 6.39. The molecular formula is C13H15N3O3S2. The number of benzene rings is 1. The van der Waals surface area contributed by atoms with Gasteiger partial charge in [0.2, 0.25) is 0 Å². The van der Waals surface area contributed by atoms with Gasteiger partial charge in [0.05, 0.1) is 22.8 Å². The zero-order valence-electron chi connectivity index (χ0n) is 11.7. The number of aromatic nitrogens is 1. The zero-order chi connectivity index (χ0) is 15.0. The molecule has 112 valence electrons. The van der Waals surface area contributed by atoms with Crippen LogP contribution in [0.1, 0.15) is 5.69 Å². The molecule has 0 bridgehead atoms. The van der Waals surface area contributed by atoms with Crippen molar-refractivity contribution in [3.63, 3.8) is 0 Å². The van der Waals surface area contributed by atoms with Crippen molar-refractivity contribution in [1.82, 2.24) is 4.98 Å². The van der Waals surface area contributed by atoms with E-state index >= 15 is 0 Å². The van der Waals surface area contributed by atoms with Gasteiger partial charge >= 0.3 is 0 Å². The molecule has 0 aliphatic carbocycles. The van der Waals surface area contributed by atoms with Gasteiger partial charge in [0.1, 0.15) is 12.4 Å². The van der Waals surface area contributed by atoms with Gasteiger partial charge in [0.25, 0.3) is 10.0 Å². The molecule has 0 spiro atoms. The Bertz CT molecular complexity index is 771. The van der Waals surface area contributed by atoms with Crippen molar-refractivity contribution >= 4 is 32.2 Å². The third kappa shape index (κ3) is 2.81. The largest absolute Gasteiger partial charge is 0.490 e. The fraction of sp³-hybridized carbons (Fsp3) is 0.308. The molecule has 1 aliphatic heterocycles. The molecule has 1 aromatic heterocycles. The smallest absolute Gasteiger partial charge is 0.263 e. The van der Waals surface area contributed by atoms with E-state index < -0.39 is 10.0 Å². The van der Waals surface area contributed by atoms with Crippen LogP contribution in [-0.2, 0) is 10.0 Å². The predicted molar refractivity (Wildman–Crippen MR) is 82.9 cm³/mol. The van der Waals surface area contributed by atoms with Crippen molar-refractivity contribution in [2.75, 3.05) is 29.8 Å². The van der Waals surface area contributed by atoms with Crippen LogP contribution in [0.2, 0.25) is 0 Å². The monoisotopic (exact) mass is 325 g/mol. The minimum absolute atomic E-state index is 0.200. The van der Waals surface area contributed by atoms with Crippen LogP contribution in [-0.4, -0.2) is 33.6 Å². The number of nitrogens with zero attached hydrogens (tertiary/aromatic N) is 2. The maximum absolute atomic E-state index is 12.4. The minimum Gasteiger partial charge on any atom is -0.490 e. The molecule has 0 saturated carbocycles. The van der Waals surface area contributed by atoms with Gasteiger partial charge in [0, 0.05) is 12.4 Å². The Morgan fingerprint density at radius 1 is 1.43 bits per heavy atom. The van der Waals surface area contributed by atoms with Crippen molar-refractivity contribution in [3.8, 4) is 5.75 Å². The minimum atomic E-state index is -3.64. The highest BCUT2D eigenvalue weighted by atomic mass is 32.2. The van der Waals surface area contributed by atoms with E-state index in [1.165, 1.54) is 11.3 Å². The molecule has 1 aliphatic rings. The Morgan fingerprint density at radius 3 is 2.95 bits per heavy atom. The zero-order valence-corrected chi connectivity index (χ0v) is 13.3. The number of nitrogens with one attached hydrogen (secondary N) is 1. The second-order valence-electron chi connectivity index (χ2n) is 4.80. The van der Waals surface area contributed by atoms with Crippen LogP contribution in [0, 0.1) is 6.92 Å². The van der Waals surface area contributed by atoms with E-state index in [1.54, 1.807) is 23.6 Å². The molecule has 21 heavy (non-hydrogen) atoms. The Balaban J connectivity index is 1.94. The third-order valence-corrected chi connectivity index (χ3v) is 5.52. The second-order valence-corrected chi connectivity index (χ2v) is 7.34. The summed E-state index contributed by atoms with van der Waals surface area (Å²) in [5.41, 5.74) is 1.57. The van der Waals surface area contributed by atoms with E-state index in [1.807, 2.05) is 18.9 Å². The van der Waals surface area contributed by atoms with Gasteiger partial charge in [-0.2, -0.15) is 0 Å². The molecular weight excluding hydrogens is 310 g/mol. The van der Waals surface area contributed by atoms with Crippen LogP contribution in [0.4, 0.5) is 10.8 Å². The number of thiazole rings is 1. The van der Waals surface area contributed by atoms with Crippen molar-refractivity contribution in [2.45, 2.75) is 11.8 Å². The number of anilines is 2. The summed E-state index contributed by atoms with van der Waals surface area (Å²) in [7, 11) is -1.73. The van der Waals surface area contributed by atoms with E-state index in [0.717, 1.165) is 17.9 Å². The van der Waals surface area contributed by atoms with Gasteiger partial charge < -0.3 is 9.64 Å². The average molecular weight is 325 g/mol. The lowest BCUT2D eigenvalue weighted by molar-refractivity contribution is 0.311. The molecule has 3 rings (SSSR count). The van der Waals surface area contributed by atoms with E-state index in [4.69, 9.17) is 4.74 Å². The number of aryl methyl sites for hydroxylation is 1. The van der Waals surface area contributed by atoms with Crippen LogP contribution in [0.25, 0.3) is 0 Å². The Hall–Kier alpha value is -1.80. The fourth-order valence-corrected chi connectivity index (χ4v) is 4.03. The first-order valence-corrected chi connectivity index (χ1v) is 8.75. The molecule has 0 fully saturated rings. The van der Waals surface area contributed by atoms with E-state index in [9.17, 15) is 8.42 Å². The highest BCUT2D eigenvalue weighted by molar-refractivity contribution is 7.93. The summed E-state index contributed by atoms with van der Waals surface area (Å²) in [5, 5.41) is 2.17. The number of likely N-dealkylation sites (N-methyl/N-ethyl adjacent to an activating group) is 1. The Labute approximate surface area is 127 Å². The van der Waals surface area contributed by atoms with Crippen molar-refractivity contribution < 1.29 is 13.2 Å². The summed E-state index contributed by atoms with van der Waals surface area (Å²) in [6.07, 6.45) is 0. The number of ether oxygens (including phenoxy) is 1. The third-order valence-electron chi connectivity index (χ3n) is 3.18. The Kier molecular flexibility index (Phi) is 3.50. The van der Waals surface area contributed by atoms with Crippen LogP contribution in [0.15, 0.2) is 28.5 Å². The van der Waals surface area contributed by atoms with Gasteiger partial charge in [-0.3, -0.25) is 4.72 Å². The van der Waals surface area contributed by atoms with Crippen molar-refractivity contribution in [2.24, 2.45) is 0 Å². The van der Waals surface area contributed by atoms with Crippen LogP contribution in [0.5, 0.6) is 5.75 Å². The molecule has 8 heteroatoms. The maximum atomic E-state index is 12.4. The molecule has 0 saturated heterocycles. The van der Waals surface area contributed by atoms with E-state index in [0.29, 0.717) is 17.5 Å². The first-order chi connectivity index (χ1) is 9.95. The molecule has 6 nitrogen and oxygen atoms in total. The maximum Gasteiger partial charge on any atom is 0.263 e. The number of sulfonamides is 1. The summed E-state index contributed by atoms with van der Waals surface area (Å²) in [6, 6.07) is 4.85. The number of hydrogen-bond donors (Lipinski definition) is 1. The van der Waals surface area contributed by atoms with Crippen LogP contribution < -0.4 is 14.4 Å². The van der Waals surface area contributed by atoms with Crippen molar-refractivity contribution in [3.05, 3.63) is 29.3 Å². The molecule has 2 aromatic rings. The normalized spacial score (nSPS) is 14.5. The van der Waals surface area contributed by atoms with Crippen LogP contribution >= 0.6 is 11.3 Å². The number of hydrogen-bond acceptors (Lipinski definition) is 6. The summed E-state index contributed by atoms with van der Waals surface area (Å²) in [6.45, 7) is 3.15. The summed E-state index contributed by atoms with van der Waals surface area (Å²) >= 11 is 1.26. The number of fused-ring (bicyclic) bond motifs is 1. The molecule has 0 amide bonds.